The van der Waals surface area contributed by atoms with Gasteiger partial charge in [0.15, 0.2) is 0 Å². The van der Waals surface area contributed by atoms with E-state index in [1.807, 2.05) is 20.9 Å². The van der Waals surface area contributed by atoms with Crippen LogP contribution in [0.2, 0.25) is 0 Å². The van der Waals surface area contributed by atoms with Crippen LogP contribution in [0.5, 0.6) is 5.75 Å². The number of nitrogens with one attached hydrogen (secondary N) is 1. The van der Waals surface area contributed by atoms with E-state index in [-0.39, 0.29) is 22.8 Å². The van der Waals surface area contributed by atoms with Crippen LogP contribution in [0.1, 0.15) is 24.5 Å². The van der Waals surface area contributed by atoms with Crippen molar-refractivity contribution < 1.29 is 14.4 Å². The van der Waals surface area contributed by atoms with Crippen LogP contribution in [-0.4, -0.2) is 36.8 Å². The van der Waals surface area contributed by atoms with Crippen LogP contribution in [0.4, 0.5) is 5.69 Å². The maximum atomic E-state index is 10.9. The summed E-state index contributed by atoms with van der Waals surface area (Å²) >= 11 is 0. The molecule has 0 bridgehead atoms. The van der Waals surface area contributed by atoms with E-state index in [4.69, 9.17) is 9.47 Å². The van der Waals surface area contributed by atoms with Crippen molar-refractivity contribution in [2.45, 2.75) is 45.4 Å². The maximum Gasteiger partial charge on any atom is 0.272 e. The molecule has 2 rings (SSSR count). The fraction of sp³-hybridized carbons (Fsp3) is 0.600. The first-order valence-electron chi connectivity index (χ1n) is 7.19. The lowest BCUT2D eigenvalue weighted by atomic mass is 9.85. The molecule has 0 aliphatic heterocycles. The molecule has 1 aliphatic carbocycles. The van der Waals surface area contributed by atoms with Crippen LogP contribution >= 0.6 is 0 Å². The highest BCUT2D eigenvalue weighted by atomic mass is 16.6. The van der Waals surface area contributed by atoms with Gasteiger partial charge in [-0.15, -0.1) is 0 Å². The number of nitro benzene ring substituents is 1. The lowest BCUT2D eigenvalue weighted by Crippen LogP contribution is -2.60. The van der Waals surface area contributed by atoms with Gasteiger partial charge in [-0.1, -0.05) is 0 Å². The van der Waals surface area contributed by atoms with Gasteiger partial charge in [-0.3, -0.25) is 10.1 Å². The van der Waals surface area contributed by atoms with Gasteiger partial charge in [0.2, 0.25) is 0 Å². The average Bonchev–Trinajstić information content (AvgIpc) is 2.43. The number of aryl methyl sites for hydroxylation is 2. The molecular formula is C15H22N2O4. The predicted octanol–water partition coefficient (Wildman–Crippen LogP) is 2.36. The molecule has 0 saturated heterocycles. The zero-order valence-electron chi connectivity index (χ0n) is 12.9. The van der Waals surface area contributed by atoms with E-state index < -0.39 is 0 Å². The molecule has 1 saturated carbocycles. The zero-order valence-corrected chi connectivity index (χ0v) is 12.9. The van der Waals surface area contributed by atoms with Crippen molar-refractivity contribution in [2.75, 3.05) is 13.7 Å². The molecule has 6 heteroatoms. The van der Waals surface area contributed by atoms with E-state index in [1.54, 1.807) is 19.1 Å². The first-order chi connectivity index (χ1) is 9.97. The number of ether oxygens (including phenoxy) is 2. The summed E-state index contributed by atoms with van der Waals surface area (Å²) in [6, 6.07) is 3.60. The molecule has 3 atom stereocenters. The van der Waals surface area contributed by atoms with E-state index >= 15 is 0 Å². The number of benzene rings is 1. The summed E-state index contributed by atoms with van der Waals surface area (Å²) in [5.41, 5.74) is 1.51. The summed E-state index contributed by atoms with van der Waals surface area (Å²) in [5.74, 6) is 0.697. The van der Waals surface area contributed by atoms with E-state index in [9.17, 15) is 10.1 Å². The lowest BCUT2D eigenvalue weighted by Gasteiger charge is -2.43. The van der Waals surface area contributed by atoms with Crippen molar-refractivity contribution in [1.29, 1.82) is 0 Å². The molecule has 0 radical (unpaired) electrons. The number of nitro groups is 1. The van der Waals surface area contributed by atoms with Crippen molar-refractivity contribution in [1.82, 2.24) is 5.32 Å². The maximum absolute atomic E-state index is 10.9. The fourth-order valence-electron chi connectivity index (χ4n) is 2.66. The molecule has 1 aliphatic rings. The second-order valence-corrected chi connectivity index (χ2v) is 5.37. The number of hydrogen-bond acceptors (Lipinski definition) is 5. The lowest BCUT2D eigenvalue weighted by molar-refractivity contribution is -0.385. The highest BCUT2D eigenvalue weighted by Crippen LogP contribution is 2.33. The highest BCUT2D eigenvalue weighted by Gasteiger charge is 2.43. The monoisotopic (exact) mass is 294 g/mol. The standard InChI is InChI=1S/C15H22N2O4/c1-5-20-15-11(16-4)8-14(15)21-13-7-9(2)12(17(18)19)6-10(13)3/h6-7,11,14-16H,5,8H2,1-4H3. The molecular weight excluding hydrogens is 272 g/mol. The summed E-state index contributed by atoms with van der Waals surface area (Å²) in [5, 5.41) is 14.1. The molecule has 1 aromatic carbocycles. The Morgan fingerprint density at radius 3 is 2.67 bits per heavy atom. The van der Waals surface area contributed by atoms with Gasteiger partial charge in [-0.25, -0.2) is 0 Å². The van der Waals surface area contributed by atoms with Crippen molar-refractivity contribution in [2.24, 2.45) is 0 Å². The number of hydrogen-bond donors (Lipinski definition) is 1. The molecule has 0 amide bonds. The van der Waals surface area contributed by atoms with Crippen LogP contribution in [0.25, 0.3) is 0 Å². The van der Waals surface area contributed by atoms with Crippen LogP contribution in [0.3, 0.4) is 0 Å². The zero-order chi connectivity index (χ0) is 15.6. The van der Waals surface area contributed by atoms with Crippen molar-refractivity contribution in [3.63, 3.8) is 0 Å². The van der Waals surface area contributed by atoms with Crippen molar-refractivity contribution in [3.8, 4) is 5.75 Å². The molecule has 21 heavy (non-hydrogen) atoms. The highest BCUT2D eigenvalue weighted by molar-refractivity contribution is 5.49. The molecule has 1 N–H and O–H groups in total. The minimum Gasteiger partial charge on any atom is -0.487 e. The Bertz CT molecular complexity index is 533. The molecule has 1 aromatic rings. The Kier molecular flexibility index (Phi) is 4.80. The second-order valence-electron chi connectivity index (χ2n) is 5.37. The van der Waals surface area contributed by atoms with Crippen LogP contribution in [0.15, 0.2) is 12.1 Å². The first kappa shape index (κ1) is 15.7. The third-order valence-corrected chi connectivity index (χ3v) is 3.95. The molecule has 0 aromatic heterocycles. The van der Waals surface area contributed by atoms with Crippen LogP contribution in [-0.2, 0) is 4.74 Å². The SMILES string of the molecule is CCOC1C(NC)CC1Oc1cc(C)c([N+](=O)[O-])cc1C. The molecule has 116 valence electrons. The molecule has 3 unspecified atom stereocenters. The van der Waals surface area contributed by atoms with Crippen LogP contribution < -0.4 is 10.1 Å². The third-order valence-electron chi connectivity index (χ3n) is 3.95. The number of rotatable bonds is 6. The van der Waals surface area contributed by atoms with Gasteiger partial charge in [0.1, 0.15) is 18.0 Å². The van der Waals surface area contributed by atoms with Crippen molar-refractivity contribution >= 4 is 5.69 Å². The first-order valence-corrected chi connectivity index (χ1v) is 7.19. The van der Waals surface area contributed by atoms with Gasteiger partial charge in [0.05, 0.1) is 4.92 Å². The Morgan fingerprint density at radius 2 is 2.10 bits per heavy atom. The predicted molar refractivity (Wildman–Crippen MR) is 79.9 cm³/mol. The topological polar surface area (TPSA) is 73.6 Å². The van der Waals surface area contributed by atoms with E-state index in [2.05, 4.69) is 5.32 Å². The Labute approximate surface area is 124 Å². The molecule has 0 heterocycles. The quantitative estimate of drug-likeness (QED) is 0.644. The summed E-state index contributed by atoms with van der Waals surface area (Å²) in [6.45, 7) is 6.15. The fourth-order valence-corrected chi connectivity index (χ4v) is 2.66. The van der Waals surface area contributed by atoms with E-state index in [1.165, 1.54) is 0 Å². The molecule has 0 spiro atoms. The van der Waals surface area contributed by atoms with E-state index in [0.717, 1.165) is 12.0 Å². The van der Waals surface area contributed by atoms with E-state index in [0.29, 0.717) is 24.0 Å². The number of nitrogens with zero attached hydrogens (tertiary/aromatic N) is 1. The van der Waals surface area contributed by atoms with Gasteiger partial charge in [-0.05, 0) is 39.4 Å². The van der Waals surface area contributed by atoms with Gasteiger partial charge < -0.3 is 14.8 Å². The summed E-state index contributed by atoms with van der Waals surface area (Å²) in [6.07, 6.45) is 0.883. The molecule has 6 nitrogen and oxygen atoms in total. The number of likely N-dealkylation sites (N-methyl/N-ethyl adjacent to an activating group) is 1. The summed E-state index contributed by atoms with van der Waals surface area (Å²) in [4.78, 5) is 10.6. The minimum atomic E-state index is -0.366. The van der Waals surface area contributed by atoms with Gasteiger partial charge in [0.25, 0.3) is 5.69 Å². The van der Waals surface area contributed by atoms with Gasteiger partial charge in [-0.2, -0.15) is 0 Å². The van der Waals surface area contributed by atoms with Crippen LogP contribution in [0, 0.1) is 24.0 Å². The Morgan fingerprint density at radius 1 is 1.38 bits per heavy atom. The average molecular weight is 294 g/mol. The normalized spacial score (nSPS) is 24.5. The van der Waals surface area contributed by atoms with Gasteiger partial charge >= 0.3 is 0 Å². The van der Waals surface area contributed by atoms with Crippen molar-refractivity contribution in [3.05, 3.63) is 33.4 Å². The minimum absolute atomic E-state index is 0.0121. The Hall–Kier alpha value is -1.66. The Balaban J connectivity index is 2.13. The molecule has 1 fully saturated rings. The third kappa shape index (κ3) is 3.16. The summed E-state index contributed by atoms with van der Waals surface area (Å²) < 4.78 is 11.7. The smallest absolute Gasteiger partial charge is 0.272 e. The second kappa shape index (κ2) is 6.41. The summed E-state index contributed by atoms with van der Waals surface area (Å²) in [7, 11) is 1.91. The largest absolute Gasteiger partial charge is 0.487 e. The van der Waals surface area contributed by atoms with Gasteiger partial charge in [0, 0.05) is 30.7 Å².